The highest BCUT2D eigenvalue weighted by atomic mass is 32.2. The van der Waals surface area contributed by atoms with Crippen molar-refractivity contribution in [1.82, 2.24) is 5.32 Å². The predicted octanol–water partition coefficient (Wildman–Crippen LogP) is 3.00. The van der Waals surface area contributed by atoms with Gasteiger partial charge in [-0.05, 0) is 37.3 Å². The van der Waals surface area contributed by atoms with Gasteiger partial charge in [0.2, 0.25) is 0 Å². The van der Waals surface area contributed by atoms with Gasteiger partial charge in [0.15, 0.2) is 0 Å². The fraction of sp³-hybridized carbons (Fsp3) is 0.600. The highest BCUT2D eigenvalue weighted by Gasteiger charge is 2.29. The van der Waals surface area contributed by atoms with Crippen molar-refractivity contribution in [2.75, 3.05) is 12.8 Å². The number of nitrogens with one attached hydrogen (secondary N) is 1. The van der Waals surface area contributed by atoms with Crippen LogP contribution in [-0.2, 0) is 6.42 Å². The topological polar surface area (TPSA) is 21.3 Å². The van der Waals surface area contributed by atoms with Gasteiger partial charge in [0.05, 0.1) is 0 Å². The molecule has 3 atom stereocenters. The van der Waals surface area contributed by atoms with E-state index in [0.717, 1.165) is 29.5 Å². The van der Waals surface area contributed by atoms with Crippen molar-refractivity contribution >= 4 is 11.8 Å². The van der Waals surface area contributed by atoms with Gasteiger partial charge >= 0.3 is 0 Å². The third-order valence-electron chi connectivity index (χ3n) is 4.13. The molecule has 1 aromatic rings. The van der Waals surface area contributed by atoms with E-state index in [1.165, 1.54) is 25.3 Å². The Morgan fingerprint density at radius 1 is 1.42 bits per heavy atom. The van der Waals surface area contributed by atoms with E-state index in [-0.39, 0.29) is 11.9 Å². The van der Waals surface area contributed by atoms with E-state index in [1.807, 2.05) is 11.8 Å². The minimum atomic E-state index is -0.172. The van der Waals surface area contributed by atoms with Gasteiger partial charge < -0.3 is 10.1 Å². The molecule has 0 saturated heterocycles. The van der Waals surface area contributed by atoms with Crippen LogP contribution in [0.2, 0.25) is 0 Å². The molecule has 3 unspecified atom stereocenters. The molecule has 0 bridgehead atoms. The number of ether oxygens (including phenoxy) is 1. The van der Waals surface area contributed by atoms with Gasteiger partial charge in [-0.25, -0.2) is 4.39 Å². The van der Waals surface area contributed by atoms with Crippen molar-refractivity contribution in [3.8, 4) is 5.75 Å². The Morgan fingerprint density at radius 3 is 3.16 bits per heavy atom. The number of benzene rings is 1. The quantitative estimate of drug-likeness (QED) is 0.916. The third-order valence-corrected chi connectivity index (χ3v) is 5.30. The summed E-state index contributed by atoms with van der Waals surface area (Å²) in [5.74, 6) is 0.676. The highest BCUT2D eigenvalue weighted by molar-refractivity contribution is 7.99. The van der Waals surface area contributed by atoms with Crippen LogP contribution in [-0.4, -0.2) is 30.2 Å². The summed E-state index contributed by atoms with van der Waals surface area (Å²) in [6, 6.07) is 5.41. The molecule has 4 heteroatoms. The number of hydrogen-bond acceptors (Lipinski definition) is 3. The van der Waals surface area contributed by atoms with Crippen molar-refractivity contribution in [3.63, 3.8) is 0 Å². The molecule has 1 saturated carbocycles. The van der Waals surface area contributed by atoms with Gasteiger partial charge in [0.25, 0.3) is 0 Å². The Labute approximate surface area is 118 Å². The molecular weight excluding hydrogens is 261 g/mol. The van der Waals surface area contributed by atoms with Gasteiger partial charge in [0, 0.05) is 29.8 Å². The molecule has 19 heavy (non-hydrogen) atoms. The minimum Gasteiger partial charge on any atom is -0.488 e. The number of hydrogen-bond donors (Lipinski definition) is 1. The zero-order valence-electron chi connectivity index (χ0n) is 11.2. The molecular formula is C15H20FNOS. The molecule has 1 aromatic carbocycles. The van der Waals surface area contributed by atoms with Crippen LogP contribution in [0.25, 0.3) is 0 Å². The lowest BCUT2D eigenvalue weighted by atomic mass is 10.1. The Hall–Kier alpha value is -0.740. The molecule has 1 heterocycles. The van der Waals surface area contributed by atoms with Crippen LogP contribution in [0.4, 0.5) is 4.39 Å². The summed E-state index contributed by atoms with van der Waals surface area (Å²) in [5, 5.41) is 4.37. The summed E-state index contributed by atoms with van der Waals surface area (Å²) in [6.07, 6.45) is 7.06. The van der Waals surface area contributed by atoms with Crippen LogP contribution in [0.3, 0.4) is 0 Å². The van der Waals surface area contributed by atoms with Crippen molar-refractivity contribution in [2.45, 2.75) is 43.1 Å². The first-order valence-corrected chi connectivity index (χ1v) is 8.26. The van der Waals surface area contributed by atoms with E-state index in [9.17, 15) is 4.39 Å². The van der Waals surface area contributed by atoms with Crippen LogP contribution < -0.4 is 10.1 Å². The molecule has 2 aliphatic rings. The second kappa shape index (κ2) is 5.71. The molecule has 0 spiro atoms. The second-order valence-electron chi connectivity index (χ2n) is 5.42. The van der Waals surface area contributed by atoms with Crippen LogP contribution in [0, 0.1) is 5.82 Å². The van der Waals surface area contributed by atoms with E-state index in [4.69, 9.17) is 4.74 Å². The average molecular weight is 281 g/mol. The second-order valence-corrected chi connectivity index (χ2v) is 6.49. The van der Waals surface area contributed by atoms with E-state index in [1.54, 1.807) is 12.1 Å². The van der Waals surface area contributed by atoms with Crippen LogP contribution in [0.1, 0.15) is 24.8 Å². The molecule has 104 valence electrons. The van der Waals surface area contributed by atoms with Crippen molar-refractivity contribution in [1.29, 1.82) is 0 Å². The number of halogens is 1. The Balaban J connectivity index is 1.53. The summed E-state index contributed by atoms with van der Waals surface area (Å²) in [4.78, 5) is 0. The van der Waals surface area contributed by atoms with Gasteiger partial charge in [-0.1, -0.05) is 6.42 Å². The van der Waals surface area contributed by atoms with Crippen LogP contribution >= 0.6 is 11.8 Å². The van der Waals surface area contributed by atoms with E-state index < -0.39 is 0 Å². The molecule has 2 nitrogen and oxygen atoms in total. The number of fused-ring (bicyclic) bond motifs is 1. The molecule has 1 aliphatic heterocycles. The van der Waals surface area contributed by atoms with Crippen molar-refractivity contribution < 1.29 is 9.13 Å². The summed E-state index contributed by atoms with van der Waals surface area (Å²) in [6.45, 7) is 0.859. The number of thioether (sulfide) groups is 1. The van der Waals surface area contributed by atoms with Crippen LogP contribution in [0.5, 0.6) is 5.75 Å². The molecule has 1 N–H and O–H groups in total. The van der Waals surface area contributed by atoms with Gasteiger partial charge in [-0.15, -0.1) is 0 Å². The summed E-state index contributed by atoms with van der Waals surface area (Å²) in [5.41, 5.74) is 1.000. The molecule has 0 amide bonds. The largest absolute Gasteiger partial charge is 0.488 e. The predicted molar refractivity (Wildman–Crippen MR) is 77.5 cm³/mol. The van der Waals surface area contributed by atoms with Crippen molar-refractivity contribution in [2.24, 2.45) is 0 Å². The smallest absolute Gasteiger partial charge is 0.123 e. The average Bonchev–Trinajstić information content (AvgIpc) is 3.01. The maximum atomic E-state index is 13.1. The molecule has 0 aromatic heterocycles. The summed E-state index contributed by atoms with van der Waals surface area (Å²) in [7, 11) is 0. The lowest BCUT2D eigenvalue weighted by Crippen LogP contribution is -2.40. The maximum absolute atomic E-state index is 13.1. The third kappa shape index (κ3) is 2.90. The first-order chi connectivity index (χ1) is 9.26. The Bertz CT molecular complexity index is 454. The molecule has 3 rings (SSSR count). The lowest BCUT2D eigenvalue weighted by Gasteiger charge is -2.21. The highest BCUT2D eigenvalue weighted by Crippen LogP contribution is 2.31. The SMILES string of the molecule is CSC1CCCC1NCC1Cc2cc(F)ccc2O1. The standard InChI is InChI=1S/C15H20FNOS/c1-19-15-4-2-3-13(15)17-9-12-8-10-7-11(16)5-6-14(10)18-12/h5-7,12-13,15,17H,2-4,8-9H2,1H3. The molecule has 0 radical (unpaired) electrons. The van der Waals surface area contributed by atoms with E-state index >= 15 is 0 Å². The molecule has 1 aliphatic carbocycles. The summed E-state index contributed by atoms with van der Waals surface area (Å²) < 4.78 is 19.0. The fourth-order valence-electron chi connectivity index (χ4n) is 3.13. The van der Waals surface area contributed by atoms with Gasteiger partial charge in [0.1, 0.15) is 17.7 Å². The van der Waals surface area contributed by atoms with Gasteiger partial charge in [-0.2, -0.15) is 11.8 Å². The number of rotatable bonds is 4. The zero-order chi connectivity index (χ0) is 13.2. The van der Waals surface area contributed by atoms with Crippen LogP contribution in [0.15, 0.2) is 18.2 Å². The first-order valence-electron chi connectivity index (χ1n) is 6.97. The zero-order valence-corrected chi connectivity index (χ0v) is 12.0. The maximum Gasteiger partial charge on any atom is 0.123 e. The summed E-state index contributed by atoms with van der Waals surface area (Å²) >= 11 is 1.96. The monoisotopic (exact) mass is 281 g/mol. The fourth-order valence-corrected chi connectivity index (χ4v) is 4.09. The van der Waals surface area contributed by atoms with E-state index in [2.05, 4.69) is 11.6 Å². The lowest BCUT2D eigenvalue weighted by molar-refractivity contribution is 0.222. The van der Waals surface area contributed by atoms with Gasteiger partial charge in [-0.3, -0.25) is 0 Å². The van der Waals surface area contributed by atoms with E-state index in [0.29, 0.717) is 6.04 Å². The Kier molecular flexibility index (Phi) is 3.99. The Morgan fingerprint density at radius 2 is 2.32 bits per heavy atom. The normalized spacial score (nSPS) is 29.3. The first kappa shape index (κ1) is 13.3. The molecule has 1 fully saturated rings. The minimum absolute atomic E-state index is 0.153. The van der Waals surface area contributed by atoms with Crippen molar-refractivity contribution in [3.05, 3.63) is 29.6 Å².